The maximum absolute atomic E-state index is 10.7. The molecule has 0 bridgehead atoms. The third-order valence-corrected chi connectivity index (χ3v) is 6.78. The van der Waals surface area contributed by atoms with Gasteiger partial charge < -0.3 is 15.9 Å². The van der Waals surface area contributed by atoms with Crippen molar-refractivity contribution in [2.45, 2.75) is 36.9 Å². The molecule has 0 aliphatic heterocycles. The topological polar surface area (TPSA) is 79.4 Å². The van der Waals surface area contributed by atoms with Gasteiger partial charge in [-0.25, -0.2) is 0 Å². The monoisotopic (exact) mass is 368 g/mol. The Morgan fingerprint density at radius 1 is 1.15 bits per heavy atom. The smallest absolute Gasteiger partial charge is 0.0871 e. The Kier molecular flexibility index (Phi) is 4.78. The van der Waals surface area contributed by atoms with Crippen LogP contribution < -0.4 is 5.73 Å². The quantitative estimate of drug-likeness (QED) is 0.723. The van der Waals surface area contributed by atoms with E-state index in [1.165, 1.54) is 10.5 Å². The van der Waals surface area contributed by atoms with E-state index in [9.17, 15) is 10.2 Å². The van der Waals surface area contributed by atoms with Crippen LogP contribution in [-0.4, -0.2) is 33.2 Å². The van der Waals surface area contributed by atoms with E-state index in [1.807, 2.05) is 6.07 Å². The van der Waals surface area contributed by atoms with E-state index in [0.29, 0.717) is 0 Å². The van der Waals surface area contributed by atoms with Crippen LogP contribution in [0.1, 0.15) is 23.2 Å². The summed E-state index contributed by atoms with van der Waals surface area (Å²) < 4.78 is 0. The van der Waals surface area contributed by atoms with Gasteiger partial charge in [0.2, 0.25) is 0 Å². The van der Waals surface area contributed by atoms with E-state index in [0.717, 1.165) is 41.1 Å². The minimum atomic E-state index is -0.751. The molecular formula is C21H24N2O2S. The van der Waals surface area contributed by atoms with Crippen LogP contribution in [0.15, 0.2) is 47.5 Å². The zero-order valence-electron chi connectivity index (χ0n) is 14.8. The number of aliphatic hydroxyl groups is 2. The number of aromatic nitrogens is 1. The summed E-state index contributed by atoms with van der Waals surface area (Å²) in [5.41, 5.74) is 11.0. The van der Waals surface area contributed by atoms with Gasteiger partial charge in [-0.2, -0.15) is 0 Å². The van der Waals surface area contributed by atoms with Crippen LogP contribution in [0.5, 0.6) is 0 Å². The molecule has 1 unspecified atom stereocenters. The second-order valence-corrected chi connectivity index (χ2v) is 8.39. The van der Waals surface area contributed by atoms with Crippen molar-refractivity contribution in [1.29, 1.82) is 0 Å². The lowest BCUT2D eigenvalue weighted by molar-refractivity contribution is 0.0160. The summed E-state index contributed by atoms with van der Waals surface area (Å²) in [6, 6.07) is 10.2. The second-order valence-electron chi connectivity index (χ2n) is 7.30. The number of hydrogen-bond acceptors (Lipinski definition) is 5. The van der Waals surface area contributed by atoms with Crippen LogP contribution >= 0.6 is 11.8 Å². The van der Waals surface area contributed by atoms with E-state index in [-0.39, 0.29) is 11.8 Å². The number of rotatable bonds is 4. The van der Waals surface area contributed by atoms with Crippen LogP contribution in [0.25, 0.3) is 5.57 Å². The molecule has 2 aliphatic rings. The first-order valence-corrected chi connectivity index (χ1v) is 10.0. The van der Waals surface area contributed by atoms with E-state index in [1.54, 1.807) is 18.0 Å². The molecule has 1 heterocycles. The average Bonchev–Trinajstić information content (AvgIpc) is 3.18. The van der Waals surface area contributed by atoms with E-state index < -0.39 is 12.2 Å². The molecule has 5 heteroatoms. The number of nitrogens with zero attached hydrogens (tertiary/aromatic N) is 1. The number of pyridine rings is 1. The summed E-state index contributed by atoms with van der Waals surface area (Å²) in [6.45, 7) is 2.07. The number of nitrogens with two attached hydrogens (primary N) is 1. The number of benzene rings is 1. The lowest BCUT2D eigenvalue weighted by Crippen LogP contribution is -2.29. The van der Waals surface area contributed by atoms with Gasteiger partial charge in [0.25, 0.3) is 0 Å². The van der Waals surface area contributed by atoms with E-state index in [2.05, 4.69) is 42.2 Å². The van der Waals surface area contributed by atoms with Gasteiger partial charge in [-0.05, 0) is 49.5 Å². The summed E-state index contributed by atoms with van der Waals surface area (Å²) in [5, 5.41) is 21.2. The van der Waals surface area contributed by atoms with Crippen LogP contribution in [0, 0.1) is 18.8 Å². The summed E-state index contributed by atoms with van der Waals surface area (Å²) >= 11 is 1.74. The van der Waals surface area contributed by atoms with Crippen molar-refractivity contribution >= 4 is 23.0 Å². The lowest BCUT2D eigenvalue weighted by Gasteiger charge is -2.18. The highest BCUT2D eigenvalue weighted by molar-refractivity contribution is 7.99. The lowest BCUT2D eigenvalue weighted by atomic mass is 9.93. The number of fused-ring (bicyclic) bond motifs is 1. The molecule has 4 nitrogen and oxygen atoms in total. The first-order chi connectivity index (χ1) is 12.5. The molecule has 1 fully saturated rings. The molecule has 0 spiro atoms. The molecule has 4 N–H and O–H groups in total. The van der Waals surface area contributed by atoms with Crippen molar-refractivity contribution in [2.24, 2.45) is 11.8 Å². The molecule has 1 aromatic carbocycles. The number of hydrogen-bond donors (Lipinski definition) is 3. The number of anilines is 1. The summed E-state index contributed by atoms with van der Waals surface area (Å²) in [4.78, 5) is 5.68. The van der Waals surface area contributed by atoms with Crippen molar-refractivity contribution < 1.29 is 10.2 Å². The van der Waals surface area contributed by atoms with Crippen molar-refractivity contribution in [1.82, 2.24) is 4.98 Å². The normalized spacial score (nSPS) is 27.4. The SMILES string of the molecule is Cc1ccc(SC[C@H]2C[C@@H](C3=CCc4c(N)ccnc43)C(O)[C@H]2O)cc1. The second kappa shape index (κ2) is 7.06. The maximum atomic E-state index is 10.7. The number of aryl methyl sites for hydroxylation is 1. The standard InChI is InChI=1S/C21H24N2O2S/c1-12-2-4-14(5-3-12)26-11-13-10-17(21(25)20(13)24)15-6-7-16-18(22)8-9-23-19(15)16/h2-6,8-9,13,17,20-21,24-25H,7,10-11H2,1H3,(H2,22,23)/t13-,17+,20+,21?/m1/s1. The molecule has 2 aliphatic carbocycles. The molecular weight excluding hydrogens is 344 g/mol. The van der Waals surface area contributed by atoms with Gasteiger partial charge >= 0.3 is 0 Å². The van der Waals surface area contributed by atoms with Gasteiger partial charge in [0, 0.05) is 34.0 Å². The summed E-state index contributed by atoms with van der Waals surface area (Å²) in [5.74, 6) is 0.777. The average molecular weight is 369 g/mol. The number of allylic oxidation sites excluding steroid dienone is 1. The first kappa shape index (κ1) is 17.6. The van der Waals surface area contributed by atoms with Crippen LogP contribution in [0.3, 0.4) is 0 Å². The molecule has 0 radical (unpaired) electrons. The van der Waals surface area contributed by atoms with Crippen molar-refractivity contribution in [3.8, 4) is 0 Å². The van der Waals surface area contributed by atoms with E-state index in [4.69, 9.17) is 5.73 Å². The molecule has 136 valence electrons. The minimum absolute atomic E-state index is 0.0623. The molecule has 4 rings (SSSR count). The summed E-state index contributed by atoms with van der Waals surface area (Å²) in [7, 11) is 0. The third-order valence-electron chi connectivity index (χ3n) is 5.58. The molecule has 1 saturated carbocycles. The van der Waals surface area contributed by atoms with Crippen molar-refractivity contribution in [3.05, 3.63) is 59.4 Å². The predicted molar refractivity (Wildman–Crippen MR) is 106 cm³/mol. The Labute approximate surface area is 158 Å². The van der Waals surface area contributed by atoms with Crippen LogP contribution in [0.2, 0.25) is 0 Å². The molecule has 0 amide bonds. The van der Waals surface area contributed by atoms with Gasteiger partial charge in [-0.3, -0.25) is 4.98 Å². The van der Waals surface area contributed by atoms with Gasteiger partial charge in [-0.15, -0.1) is 11.8 Å². The highest BCUT2D eigenvalue weighted by Crippen LogP contribution is 2.45. The number of aliphatic hydroxyl groups excluding tert-OH is 2. The number of thioether (sulfide) groups is 1. The van der Waals surface area contributed by atoms with Crippen molar-refractivity contribution in [2.75, 3.05) is 11.5 Å². The third kappa shape index (κ3) is 3.15. The Morgan fingerprint density at radius 3 is 2.69 bits per heavy atom. The van der Waals surface area contributed by atoms with Gasteiger partial charge in [0.15, 0.2) is 0 Å². The molecule has 4 atom stereocenters. The Hall–Kier alpha value is -1.82. The fourth-order valence-corrected chi connectivity index (χ4v) is 5.11. The van der Waals surface area contributed by atoms with Crippen LogP contribution in [-0.2, 0) is 6.42 Å². The van der Waals surface area contributed by atoms with Crippen LogP contribution in [0.4, 0.5) is 5.69 Å². The Balaban J connectivity index is 1.47. The highest BCUT2D eigenvalue weighted by atomic mass is 32.2. The molecule has 1 aromatic heterocycles. The zero-order chi connectivity index (χ0) is 18.3. The fourth-order valence-electron chi connectivity index (χ4n) is 4.04. The van der Waals surface area contributed by atoms with Gasteiger partial charge in [0.05, 0.1) is 17.9 Å². The summed E-state index contributed by atoms with van der Waals surface area (Å²) in [6.07, 6.45) is 3.90. The number of nitrogen functional groups attached to an aromatic ring is 1. The van der Waals surface area contributed by atoms with E-state index >= 15 is 0 Å². The highest BCUT2D eigenvalue weighted by Gasteiger charge is 2.44. The minimum Gasteiger partial charge on any atom is -0.398 e. The van der Waals surface area contributed by atoms with Gasteiger partial charge in [-0.1, -0.05) is 23.8 Å². The Morgan fingerprint density at radius 2 is 1.92 bits per heavy atom. The zero-order valence-corrected chi connectivity index (χ0v) is 15.6. The largest absolute Gasteiger partial charge is 0.398 e. The predicted octanol–water partition coefficient (Wildman–Crippen LogP) is 3.06. The maximum Gasteiger partial charge on any atom is 0.0871 e. The molecule has 26 heavy (non-hydrogen) atoms. The molecule has 0 saturated heterocycles. The van der Waals surface area contributed by atoms with Crippen molar-refractivity contribution in [3.63, 3.8) is 0 Å². The Bertz CT molecular complexity index is 834. The fraction of sp³-hybridized carbons (Fsp3) is 0.381. The van der Waals surface area contributed by atoms with Gasteiger partial charge in [0.1, 0.15) is 0 Å². The molecule has 2 aromatic rings. The first-order valence-electron chi connectivity index (χ1n) is 9.04.